The number of thiophene rings is 1. The lowest BCUT2D eigenvalue weighted by Crippen LogP contribution is -2.53. The summed E-state index contributed by atoms with van der Waals surface area (Å²) in [7, 11) is -15.3. The molecule has 0 aliphatic carbocycles. The first-order valence-corrected chi connectivity index (χ1v) is 17.8. The van der Waals surface area contributed by atoms with Gasteiger partial charge < -0.3 is 40.3 Å². The van der Waals surface area contributed by atoms with E-state index < -0.39 is 67.9 Å². The summed E-state index contributed by atoms with van der Waals surface area (Å²) in [5, 5.41) is 9.26. The van der Waals surface area contributed by atoms with E-state index in [1.165, 1.54) is 6.07 Å². The molecule has 47 heavy (non-hydrogen) atoms. The van der Waals surface area contributed by atoms with Gasteiger partial charge in [0.2, 0.25) is 0 Å². The van der Waals surface area contributed by atoms with Crippen LogP contribution in [0.15, 0.2) is 45.5 Å². The molecule has 8 N–H and O–H groups in total. The van der Waals surface area contributed by atoms with Crippen LogP contribution in [0, 0.1) is 5.82 Å². The van der Waals surface area contributed by atoms with E-state index in [0.29, 0.717) is 40.7 Å². The number of rotatable bonds is 13. The number of benzene rings is 2. The molecule has 0 saturated heterocycles. The highest BCUT2D eigenvalue weighted by molar-refractivity contribution is 7.92. The molecule has 2 aromatic carbocycles. The third kappa shape index (κ3) is 10.9. The zero-order valence-corrected chi connectivity index (χ0v) is 26.6. The molecule has 1 aromatic heterocycles. The first-order chi connectivity index (χ1) is 21.4. The molecule has 3 rings (SSSR count). The summed E-state index contributed by atoms with van der Waals surface area (Å²) < 4.78 is 163. The minimum atomic E-state index is -6.03. The first kappa shape index (κ1) is 39.9. The van der Waals surface area contributed by atoms with Gasteiger partial charge in [0.25, 0.3) is 19.9 Å². The molecule has 25 heteroatoms. The normalized spacial score (nSPS) is 13.7. The molecule has 264 valence electrons. The fourth-order valence-corrected chi connectivity index (χ4v) is 7.83. The van der Waals surface area contributed by atoms with E-state index in [4.69, 9.17) is 19.4 Å². The molecule has 0 fully saturated rings. The van der Waals surface area contributed by atoms with Gasteiger partial charge in [0.05, 0.1) is 0 Å². The zero-order chi connectivity index (χ0) is 36.0. The Morgan fingerprint density at radius 1 is 0.957 bits per heavy atom. The number of fused-ring (bicyclic) bond motifs is 1. The fourth-order valence-electron chi connectivity index (χ4n) is 3.06. The van der Waals surface area contributed by atoms with E-state index in [2.05, 4.69) is 16.0 Å². The van der Waals surface area contributed by atoms with Gasteiger partial charge >= 0.3 is 19.3 Å². The third-order valence-electron chi connectivity index (χ3n) is 5.06. The van der Waals surface area contributed by atoms with Crippen LogP contribution in [0.5, 0.6) is 17.2 Å². The van der Waals surface area contributed by atoms with E-state index in [1.807, 2.05) is 4.72 Å². The molecular weight excluding hydrogens is 742 g/mol. The van der Waals surface area contributed by atoms with E-state index in [1.54, 1.807) is 12.1 Å². The van der Waals surface area contributed by atoms with Crippen molar-refractivity contribution >= 4 is 54.8 Å². The SMILES string of the molecule is O=C([O-])C(F)(F)F.[NH3+]CCOc1cc2cc(S(=O)(=O)NCP(=O)(O)Oc3ccc(S(=O)(=O)C(F)(F)F)c(F)c3)sc2cc1OCC[NH3+]. The number of quaternary nitrogens is 2. The molecule has 0 amide bonds. The number of sulfone groups is 1. The van der Waals surface area contributed by atoms with Crippen LogP contribution in [0.4, 0.5) is 30.7 Å². The van der Waals surface area contributed by atoms with Gasteiger partial charge in [-0.2, -0.15) is 31.1 Å². The number of ether oxygens (including phenoxy) is 2. The van der Waals surface area contributed by atoms with Crippen molar-refractivity contribution in [2.24, 2.45) is 0 Å². The van der Waals surface area contributed by atoms with Gasteiger partial charge in [0, 0.05) is 16.8 Å². The fraction of sp³-hybridized carbons (Fsp3) is 0.318. The van der Waals surface area contributed by atoms with Crippen LogP contribution in [0.1, 0.15) is 0 Å². The van der Waals surface area contributed by atoms with Crippen LogP contribution in [-0.4, -0.2) is 72.0 Å². The highest BCUT2D eigenvalue weighted by Crippen LogP contribution is 2.44. The van der Waals surface area contributed by atoms with Crippen molar-refractivity contribution in [2.75, 3.05) is 32.6 Å². The summed E-state index contributed by atoms with van der Waals surface area (Å²) in [6.45, 7) is 1.49. The topological polar surface area (TPSA) is 241 Å². The number of sulfonamides is 1. The Morgan fingerprint density at radius 3 is 1.96 bits per heavy atom. The van der Waals surface area contributed by atoms with Gasteiger partial charge in [-0.15, -0.1) is 11.3 Å². The molecule has 1 unspecified atom stereocenters. The van der Waals surface area contributed by atoms with Gasteiger partial charge in [-0.25, -0.2) is 25.8 Å². The Labute approximate surface area is 264 Å². The highest BCUT2D eigenvalue weighted by atomic mass is 32.2. The van der Waals surface area contributed by atoms with Crippen LogP contribution in [0.25, 0.3) is 10.1 Å². The lowest BCUT2D eigenvalue weighted by molar-refractivity contribution is -0.372. The van der Waals surface area contributed by atoms with E-state index >= 15 is 0 Å². The number of carbonyl (C=O) groups is 1. The maximum absolute atomic E-state index is 14.1. The minimum absolute atomic E-state index is 0.157. The number of aliphatic carboxylic acids is 1. The Balaban J connectivity index is 0.000000984. The average molecular weight is 767 g/mol. The summed E-state index contributed by atoms with van der Waals surface area (Å²) in [6, 6.07) is 5.32. The molecular formula is C22H24F7N3O11PS3+. The number of nitrogens with one attached hydrogen (secondary N) is 1. The second kappa shape index (κ2) is 15.3. The van der Waals surface area contributed by atoms with Crippen LogP contribution >= 0.6 is 18.9 Å². The van der Waals surface area contributed by atoms with Crippen molar-refractivity contribution in [1.29, 1.82) is 0 Å². The van der Waals surface area contributed by atoms with Crippen molar-refractivity contribution in [2.45, 2.75) is 20.8 Å². The maximum atomic E-state index is 14.1. The molecule has 3 aromatic rings. The van der Waals surface area contributed by atoms with Crippen molar-refractivity contribution < 1.29 is 92.4 Å². The summed E-state index contributed by atoms with van der Waals surface area (Å²) >= 11 is 0.822. The van der Waals surface area contributed by atoms with E-state index in [9.17, 15) is 57.0 Å². The van der Waals surface area contributed by atoms with Crippen LogP contribution in [0.3, 0.4) is 0 Å². The Hall–Kier alpha value is -3.25. The Kier molecular flexibility index (Phi) is 13.0. The maximum Gasteiger partial charge on any atom is 0.502 e. The second-order valence-electron chi connectivity index (χ2n) is 8.67. The second-order valence-corrected chi connectivity index (χ2v) is 15.4. The van der Waals surface area contributed by atoms with Gasteiger partial charge in [-0.3, -0.25) is 0 Å². The lowest BCUT2D eigenvalue weighted by atomic mass is 10.2. The van der Waals surface area contributed by atoms with E-state index in [-0.39, 0.29) is 29.6 Å². The summed E-state index contributed by atoms with van der Waals surface area (Å²) in [6.07, 6.45) is -6.40. The number of carboxylic acid groups (broad SMARTS) is 1. The molecule has 0 bridgehead atoms. The Morgan fingerprint density at radius 2 is 1.49 bits per heavy atom. The summed E-state index contributed by atoms with van der Waals surface area (Å²) in [5.74, 6) is -4.99. The predicted molar refractivity (Wildman–Crippen MR) is 145 cm³/mol. The molecule has 0 saturated carbocycles. The number of halogens is 7. The van der Waals surface area contributed by atoms with Gasteiger partial charge in [0.1, 0.15) is 59.2 Å². The molecule has 0 aliphatic rings. The van der Waals surface area contributed by atoms with Gasteiger partial charge in [-0.1, -0.05) is 0 Å². The lowest BCUT2D eigenvalue weighted by Gasteiger charge is -2.15. The molecule has 1 atom stereocenters. The van der Waals surface area contributed by atoms with Crippen molar-refractivity contribution in [3.63, 3.8) is 0 Å². The van der Waals surface area contributed by atoms with Gasteiger partial charge in [0.15, 0.2) is 11.5 Å². The number of carbonyl (C=O) groups excluding carboxylic acids is 1. The van der Waals surface area contributed by atoms with Crippen LogP contribution in [0.2, 0.25) is 0 Å². The van der Waals surface area contributed by atoms with Crippen molar-refractivity contribution in [3.8, 4) is 17.2 Å². The molecule has 14 nitrogen and oxygen atoms in total. The third-order valence-corrected chi connectivity index (χ3v) is 10.8. The quantitative estimate of drug-likeness (QED) is 0.137. The van der Waals surface area contributed by atoms with E-state index in [0.717, 1.165) is 11.3 Å². The van der Waals surface area contributed by atoms with Crippen LogP contribution in [-0.2, 0) is 29.2 Å². The molecule has 0 radical (unpaired) electrons. The summed E-state index contributed by atoms with van der Waals surface area (Å²) in [4.78, 5) is 17.1. The number of alkyl halides is 6. The van der Waals surface area contributed by atoms with Crippen LogP contribution < -0.4 is 35.3 Å². The zero-order valence-electron chi connectivity index (χ0n) is 23.3. The highest BCUT2D eigenvalue weighted by Gasteiger charge is 2.48. The largest absolute Gasteiger partial charge is 0.542 e. The number of hydrogen-bond donors (Lipinski definition) is 4. The monoisotopic (exact) mass is 766 g/mol. The number of carboxylic acids is 1. The number of hydrogen-bond acceptors (Lipinski definition) is 11. The average Bonchev–Trinajstić information content (AvgIpc) is 3.36. The van der Waals surface area contributed by atoms with Crippen molar-refractivity contribution in [3.05, 3.63) is 42.2 Å². The smallest absolute Gasteiger partial charge is 0.502 e. The van der Waals surface area contributed by atoms with Crippen molar-refractivity contribution in [1.82, 2.24) is 4.72 Å². The minimum Gasteiger partial charge on any atom is -0.542 e. The first-order valence-electron chi connectivity index (χ1n) is 12.3. The molecule has 0 aliphatic heterocycles. The Bertz CT molecular complexity index is 1810. The molecule has 0 spiro atoms. The molecule has 1 heterocycles. The summed E-state index contributed by atoms with van der Waals surface area (Å²) in [5.41, 5.74) is 1.59. The van der Waals surface area contributed by atoms with Gasteiger partial charge in [-0.05, 0) is 29.7 Å². The predicted octanol–water partition coefficient (Wildman–Crippen LogP) is 0.374. The standard InChI is InChI=1S/C20H22F4N3O9PS3.C2HF3O2/c21-14-9-13(1-2-18(14)39(30,31)20(22,23)24)36-37(28,29)11-27-40(32,33)19-8-12-7-15(34-5-3-25)16(35-6-4-26)10-17(12)38-19;3-2(4,5)1(6)7/h1-2,7-10,27H,3-6,11,25-26H2,(H,28,29);(H,6,7)/p+1.